The van der Waals surface area contributed by atoms with Crippen molar-refractivity contribution in [3.05, 3.63) is 42.0 Å². The predicted octanol–water partition coefficient (Wildman–Crippen LogP) is 2.83. The van der Waals surface area contributed by atoms with Gasteiger partial charge in [0.2, 0.25) is 0 Å². The lowest BCUT2D eigenvalue weighted by atomic mass is 10.0. The van der Waals surface area contributed by atoms with Crippen LogP contribution >= 0.6 is 0 Å². The van der Waals surface area contributed by atoms with Gasteiger partial charge in [-0.05, 0) is 64.2 Å². The van der Waals surface area contributed by atoms with Crippen molar-refractivity contribution in [1.29, 1.82) is 0 Å². The van der Waals surface area contributed by atoms with Gasteiger partial charge in [-0.2, -0.15) is 0 Å². The van der Waals surface area contributed by atoms with E-state index in [4.69, 9.17) is 4.74 Å². The summed E-state index contributed by atoms with van der Waals surface area (Å²) in [4.78, 5) is 12.1. The summed E-state index contributed by atoms with van der Waals surface area (Å²) in [5.41, 5.74) is 0.831. The zero-order valence-corrected chi connectivity index (χ0v) is 16.3. The highest BCUT2D eigenvalue weighted by molar-refractivity contribution is 5.88. The highest BCUT2D eigenvalue weighted by Crippen LogP contribution is 2.28. The largest absolute Gasteiger partial charge is 0.483 e. The predicted molar refractivity (Wildman–Crippen MR) is 108 cm³/mol. The normalized spacial score (nSPS) is 11.5. The van der Waals surface area contributed by atoms with Crippen molar-refractivity contribution in [2.24, 2.45) is 0 Å². The highest BCUT2D eigenvalue weighted by atomic mass is 16.5. The van der Waals surface area contributed by atoms with Crippen LogP contribution in [0.25, 0.3) is 10.8 Å². The number of nitrogens with one attached hydrogen (secondary N) is 3. The number of amides is 1. The molecule has 0 aliphatic carbocycles. The molecule has 2 aromatic rings. The molecule has 0 atom stereocenters. The van der Waals surface area contributed by atoms with Gasteiger partial charge in [0.1, 0.15) is 5.75 Å². The first kappa shape index (κ1) is 20.2. The molecule has 0 spiro atoms. The van der Waals surface area contributed by atoms with E-state index in [0.717, 1.165) is 36.2 Å². The Morgan fingerprint density at radius 3 is 2.58 bits per heavy atom. The molecule has 0 fully saturated rings. The van der Waals surface area contributed by atoms with E-state index in [0.29, 0.717) is 6.54 Å². The molecule has 26 heavy (non-hydrogen) atoms. The van der Waals surface area contributed by atoms with Gasteiger partial charge in [0, 0.05) is 17.6 Å². The lowest BCUT2D eigenvalue weighted by Gasteiger charge is -2.21. The Morgan fingerprint density at radius 1 is 1.08 bits per heavy atom. The second kappa shape index (κ2) is 9.55. The lowest BCUT2D eigenvalue weighted by Crippen LogP contribution is -2.43. The summed E-state index contributed by atoms with van der Waals surface area (Å²) in [6.07, 6.45) is 1.06. The molecule has 142 valence electrons. The molecule has 0 aliphatic heterocycles. The van der Waals surface area contributed by atoms with Crippen LogP contribution in [0.3, 0.4) is 0 Å². The maximum absolute atomic E-state index is 12.1. The van der Waals surface area contributed by atoms with Gasteiger partial charge in [0.15, 0.2) is 6.61 Å². The van der Waals surface area contributed by atoms with E-state index in [1.54, 1.807) is 0 Å². The van der Waals surface area contributed by atoms with Crippen molar-refractivity contribution < 1.29 is 9.53 Å². The smallest absolute Gasteiger partial charge is 0.258 e. The minimum atomic E-state index is -0.262. The van der Waals surface area contributed by atoms with Crippen LogP contribution in [0.15, 0.2) is 36.4 Å². The van der Waals surface area contributed by atoms with Crippen LogP contribution in [0.5, 0.6) is 5.75 Å². The first-order valence-electron chi connectivity index (χ1n) is 9.20. The number of hydrogen-bond donors (Lipinski definition) is 3. The Labute approximate surface area is 156 Å². The summed E-state index contributed by atoms with van der Waals surface area (Å²) in [5.74, 6) is 0.646. The van der Waals surface area contributed by atoms with Gasteiger partial charge in [-0.1, -0.05) is 30.3 Å². The number of hydrogen-bond acceptors (Lipinski definition) is 4. The molecule has 0 radical (unpaired) electrons. The van der Waals surface area contributed by atoms with Crippen molar-refractivity contribution in [2.45, 2.75) is 39.3 Å². The number of benzene rings is 2. The molecule has 0 aromatic heterocycles. The van der Waals surface area contributed by atoms with E-state index in [9.17, 15) is 4.79 Å². The van der Waals surface area contributed by atoms with Crippen LogP contribution in [0, 0.1) is 0 Å². The summed E-state index contributed by atoms with van der Waals surface area (Å²) >= 11 is 0. The number of ether oxygens (including phenoxy) is 1. The van der Waals surface area contributed by atoms with Gasteiger partial charge in [0.25, 0.3) is 5.91 Å². The molecule has 0 saturated carbocycles. The number of rotatable bonds is 9. The van der Waals surface area contributed by atoms with Crippen LogP contribution in [0.4, 0.5) is 0 Å². The Kier molecular flexibility index (Phi) is 7.42. The Balaban J connectivity index is 2.11. The van der Waals surface area contributed by atoms with Crippen LogP contribution < -0.4 is 20.7 Å². The summed E-state index contributed by atoms with van der Waals surface area (Å²) in [6.45, 7) is 8.51. The maximum Gasteiger partial charge on any atom is 0.258 e. The second-order valence-corrected chi connectivity index (χ2v) is 7.48. The molecule has 0 bridgehead atoms. The SMILES string of the molecule is CNCCCNCc1c(OCC(=O)NC(C)(C)C)ccc2ccccc12. The van der Waals surface area contributed by atoms with E-state index in [1.807, 2.05) is 52.1 Å². The highest BCUT2D eigenvalue weighted by Gasteiger charge is 2.15. The topological polar surface area (TPSA) is 62.4 Å². The van der Waals surface area contributed by atoms with Crippen LogP contribution in [0.2, 0.25) is 0 Å². The van der Waals surface area contributed by atoms with Gasteiger partial charge in [0.05, 0.1) is 0 Å². The van der Waals surface area contributed by atoms with E-state index in [2.05, 4.69) is 28.1 Å². The third kappa shape index (κ3) is 6.32. The Hall–Kier alpha value is -2.11. The van der Waals surface area contributed by atoms with Gasteiger partial charge >= 0.3 is 0 Å². The van der Waals surface area contributed by atoms with E-state index in [1.165, 1.54) is 5.39 Å². The molecule has 5 heteroatoms. The Morgan fingerprint density at radius 2 is 1.85 bits per heavy atom. The fourth-order valence-electron chi connectivity index (χ4n) is 2.83. The molecule has 2 rings (SSSR count). The average Bonchev–Trinajstić information content (AvgIpc) is 2.59. The Bertz CT molecular complexity index is 723. The second-order valence-electron chi connectivity index (χ2n) is 7.48. The molecule has 1 amide bonds. The summed E-state index contributed by atoms with van der Waals surface area (Å²) in [5, 5.41) is 11.9. The van der Waals surface area contributed by atoms with E-state index >= 15 is 0 Å². The van der Waals surface area contributed by atoms with Gasteiger partial charge < -0.3 is 20.7 Å². The number of fused-ring (bicyclic) bond motifs is 1. The number of carbonyl (C=O) groups is 1. The molecule has 0 aliphatic rings. The van der Waals surface area contributed by atoms with Crippen molar-refractivity contribution >= 4 is 16.7 Å². The summed E-state index contributed by atoms with van der Waals surface area (Å²) in [7, 11) is 1.96. The van der Waals surface area contributed by atoms with Crippen molar-refractivity contribution in [2.75, 3.05) is 26.7 Å². The van der Waals surface area contributed by atoms with Gasteiger partial charge in [-0.3, -0.25) is 4.79 Å². The molecule has 0 unspecified atom stereocenters. The maximum atomic E-state index is 12.1. The van der Waals surface area contributed by atoms with Crippen LogP contribution in [-0.2, 0) is 11.3 Å². The van der Waals surface area contributed by atoms with Crippen molar-refractivity contribution in [3.63, 3.8) is 0 Å². The molecule has 5 nitrogen and oxygen atoms in total. The van der Waals surface area contributed by atoms with E-state index in [-0.39, 0.29) is 18.1 Å². The van der Waals surface area contributed by atoms with Crippen molar-refractivity contribution in [3.8, 4) is 5.75 Å². The minimum Gasteiger partial charge on any atom is -0.483 e. The first-order chi connectivity index (χ1) is 12.4. The summed E-state index contributed by atoms with van der Waals surface area (Å²) in [6, 6.07) is 12.2. The zero-order valence-electron chi connectivity index (χ0n) is 16.3. The quantitative estimate of drug-likeness (QED) is 0.604. The van der Waals surface area contributed by atoms with Gasteiger partial charge in [-0.25, -0.2) is 0 Å². The molecule has 0 saturated heterocycles. The molecular weight excluding hydrogens is 326 g/mol. The molecular formula is C21H31N3O2. The average molecular weight is 357 g/mol. The minimum absolute atomic E-state index is 0.0162. The fraction of sp³-hybridized carbons (Fsp3) is 0.476. The van der Waals surface area contributed by atoms with Crippen molar-refractivity contribution in [1.82, 2.24) is 16.0 Å². The molecule has 3 N–H and O–H groups in total. The van der Waals surface area contributed by atoms with Gasteiger partial charge in [-0.15, -0.1) is 0 Å². The number of carbonyl (C=O) groups excluding carboxylic acids is 1. The lowest BCUT2D eigenvalue weighted by molar-refractivity contribution is -0.124. The third-order valence-corrected chi connectivity index (χ3v) is 3.95. The fourth-order valence-corrected chi connectivity index (χ4v) is 2.83. The summed E-state index contributed by atoms with van der Waals surface area (Å²) < 4.78 is 5.87. The zero-order chi connectivity index (χ0) is 19.0. The standard InChI is InChI=1S/C21H31N3O2/c1-21(2,3)24-20(25)15-26-19-11-10-16-8-5-6-9-17(16)18(19)14-23-13-7-12-22-4/h5-6,8-11,22-23H,7,12-15H2,1-4H3,(H,24,25). The van der Waals surface area contributed by atoms with Crippen LogP contribution in [0.1, 0.15) is 32.8 Å². The third-order valence-electron chi connectivity index (χ3n) is 3.95. The van der Waals surface area contributed by atoms with E-state index < -0.39 is 0 Å². The van der Waals surface area contributed by atoms with Crippen LogP contribution in [-0.4, -0.2) is 38.2 Å². The molecule has 2 aromatic carbocycles. The monoisotopic (exact) mass is 357 g/mol. The molecule has 0 heterocycles. The first-order valence-corrected chi connectivity index (χ1v) is 9.20.